The van der Waals surface area contributed by atoms with Crippen LogP contribution in [-0.2, 0) is 32.6 Å². The van der Waals surface area contributed by atoms with E-state index < -0.39 is 28.5 Å². The number of benzene rings is 3. The molecule has 3 aromatic rings. The number of hydrogen-bond donors (Lipinski definition) is 1. The molecule has 0 unspecified atom stereocenters. The number of carbonyl (C=O) groups is 2. The van der Waals surface area contributed by atoms with Crippen LogP contribution in [0.1, 0.15) is 16.7 Å². The summed E-state index contributed by atoms with van der Waals surface area (Å²) in [6, 6.07) is 22.4. The van der Waals surface area contributed by atoms with E-state index in [1.807, 2.05) is 43.3 Å². The van der Waals surface area contributed by atoms with Crippen LogP contribution in [-0.4, -0.2) is 51.0 Å². The molecule has 0 aliphatic rings. The fourth-order valence-corrected chi connectivity index (χ4v) is 4.94. The molecule has 2 amide bonds. The van der Waals surface area contributed by atoms with Gasteiger partial charge in [0.1, 0.15) is 12.6 Å². The molecule has 0 bridgehead atoms. The maximum Gasteiger partial charge on any atom is 0.244 e. The van der Waals surface area contributed by atoms with Crippen molar-refractivity contribution in [1.29, 1.82) is 0 Å². The summed E-state index contributed by atoms with van der Waals surface area (Å²) < 4.78 is 26.4. The summed E-state index contributed by atoms with van der Waals surface area (Å²) >= 11 is 6.17. The quantitative estimate of drug-likeness (QED) is 0.434. The summed E-state index contributed by atoms with van der Waals surface area (Å²) in [5.41, 5.74) is 2.93. The number of rotatable bonds is 10. The molecule has 36 heavy (non-hydrogen) atoms. The second kappa shape index (κ2) is 12.1. The molecule has 1 atom stereocenters. The monoisotopic (exact) mass is 527 g/mol. The van der Waals surface area contributed by atoms with Gasteiger partial charge < -0.3 is 10.2 Å². The lowest BCUT2D eigenvalue weighted by atomic mass is 10.0. The average molecular weight is 528 g/mol. The molecule has 0 heterocycles. The van der Waals surface area contributed by atoms with Crippen molar-refractivity contribution in [3.63, 3.8) is 0 Å². The van der Waals surface area contributed by atoms with Crippen LogP contribution in [0.5, 0.6) is 0 Å². The Morgan fingerprint density at radius 1 is 0.944 bits per heavy atom. The first kappa shape index (κ1) is 27.2. The van der Waals surface area contributed by atoms with E-state index in [0.717, 1.165) is 27.3 Å². The lowest BCUT2D eigenvalue weighted by Gasteiger charge is -2.33. The van der Waals surface area contributed by atoms with E-state index in [-0.39, 0.29) is 18.9 Å². The van der Waals surface area contributed by atoms with Gasteiger partial charge in [0.15, 0.2) is 0 Å². The zero-order valence-electron chi connectivity index (χ0n) is 20.5. The second-order valence-corrected chi connectivity index (χ2v) is 10.9. The molecule has 0 aliphatic heterocycles. The van der Waals surface area contributed by atoms with Crippen molar-refractivity contribution in [3.8, 4) is 0 Å². The van der Waals surface area contributed by atoms with Crippen LogP contribution in [0.2, 0.25) is 5.02 Å². The van der Waals surface area contributed by atoms with Gasteiger partial charge in [-0.15, -0.1) is 0 Å². The van der Waals surface area contributed by atoms with Crippen LogP contribution in [0.3, 0.4) is 0 Å². The van der Waals surface area contributed by atoms with Crippen molar-refractivity contribution in [2.24, 2.45) is 0 Å². The molecule has 0 radical (unpaired) electrons. The third kappa shape index (κ3) is 7.32. The SMILES string of the molecule is CNC(=O)[C@@H](Cc1ccccc1)N(Cc1cccc(Cl)c1)C(=O)CN(c1ccc(C)cc1)S(C)(=O)=O. The third-order valence-corrected chi connectivity index (χ3v) is 7.14. The predicted octanol–water partition coefficient (Wildman–Crippen LogP) is 3.80. The molecule has 3 aromatic carbocycles. The second-order valence-electron chi connectivity index (χ2n) is 8.58. The zero-order chi connectivity index (χ0) is 26.3. The number of carbonyl (C=O) groups excluding carboxylic acids is 2. The van der Waals surface area contributed by atoms with E-state index in [0.29, 0.717) is 10.7 Å². The van der Waals surface area contributed by atoms with Gasteiger partial charge in [-0.3, -0.25) is 13.9 Å². The van der Waals surface area contributed by atoms with Crippen molar-refractivity contribution in [1.82, 2.24) is 10.2 Å². The predicted molar refractivity (Wildman–Crippen MR) is 143 cm³/mol. The summed E-state index contributed by atoms with van der Waals surface area (Å²) in [4.78, 5) is 28.3. The Hall–Kier alpha value is -3.36. The van der Waals surface area contributed by atoms with Crippen molar-refractivity contribution < 1.29 is 18.0 Å². The Morgan fingerprint density at radius 2 is 1.58 bits per heavy atom. The Morgan fingerprint density at radius 3 is 2.17 bits per heavy atom. The summed E-state index contributed by atoms with van der Waals surface area (Å²) in [7, 11) is -2.27. The maximum atomic E-state index is 13.8. The summed E-state index contributed by atoms with van der Waals surface area (Å²) in [6.07, 6.45) is 1.32. The van der Waals surface area contributed by atoms with E-state index in [1.165, 1.54) is 11.9 Å². The van der Waals surface area contributed by atoms with Gasteiger partial charge in [-0.1, -0.05) is 71.8 Å². The normalized spacial score (nSPS) is 12.0. The first-order chi connectivity index (χ1) is 17.1. The largest absolute Gasteiger partial charge is 0.357 e. The minimum absolute atomic E-state index is 0.0792. The minimum atomic E-state index is -3.79. The molecule has 3 rings (SSSR count). The van der Waals surface area contributed by atoms with Crippen molar-refractivity contribution in [2.75, 3.05) is 24.2 Å². The number of amides is 2. The molecule has 0 fully saturated rings. The molecule has 190 valence electrons. The van der Waals surface area contributed by atoms with Gasteiger partial charge in [0, 0.05) is 25.0 Å². The lowest BCUT2D eigenvalue weighted by molar-refractivity contribution is -0.139. The summed E-state index contributed by atoms with van der Waals surface area (Å²) in [5, 5.41) is 3.15. The number of hydrogen-bond acceptors (Lipinski definition) is 4. The highest BCUT2D eigenvalue weighted by Gasteiger charge is 2.32. The van der Waals surface area contributed by atoms with Crippen LogP contribution in [0.4, 0.5) is 5.69 Å². The lowest BCUT2D eigenvalue weighted by Crippen LogP contribution is -2.52. The van der Waals surface area contributed by atoms with Gasteiger partial charge in [0.05, 0.1) is 11.9 Å². The highest BCUT2D eigenvalue weighted by atomic mass is 35.5. The summed E-state index contributed by atoms with van der Waals surface area (Å²) in [6.45, 7) is 1.52. The van der Waals surface area contributed by atoms with Gasteiger partial charge >= 0.3 is 0 Å². The molecule has 7 nitrogen and oxygen atoms in total. The number of nitrogens with one attached hydrogen (secondary N) is 1. The van der Waals surface area contributed by atoms with Gasteiger partial charge in [-0.05, 0) is 42.3 Å². The molecular formula is C27H30ClN3O4S. The molecule has 0 aromatic heterocycles. The molecule has 0 saturated heterocycles. The Labute approximate surface area is 217 Å². The smallest absolute Gasteiger partial charge is 0.244 e. The molecule has 0 saturated carbocycles. The molecule has 1 N–H and O–H groups in total. The fourth-order valence-electron chi connectivity index (χ4n) is 3.88. The summed E-state index contributed by atoms with van der Waals surface area (Å²) in [5.74, 6) is -0.860. The van der Waals surface area contributed by atoms with Crippen molar-refractivity contribution in [2.45, 2.75) is 25.9 Å². The highest BCUT2D eigenvalue weighted by molar-refractivity contribution is 7.92. The van der Waals surface area contributed by atoms with Gasteiger partial charge in [-0.25, -0.2) is 8.42 Å². The number of halogens is 1. The highest BCUT2D eigenvalue weighted by Crippen LogP contribution is 2.21. The number of likely N-dealkylation sites (N-methyl/N-ethyl adjacent to an activating group) is 1. The standard InChI is InChI=1S/C27H30ClN3O4S/c1-20-12-14-24(15-13-20)31(36(3,34)35)19-26(32)30(18-22-10-7-11-23(28)16-22)25(27(33)29-2)17-21-8-5-4-6-9-21/h4-16,25H,17-19H2,1-3H3,(H,29,33)/t25-/m1/s1. The van der Waals surface area contributed by atoms with Crippen LogP contribution in [0, 0.1) is 6.92 Å². The first-order valence-electron chi connectivity index (χ1n) is 11.4. The van der Waals surface area contributed by atoms with E-state index in [2.05, 4.69) is 5.32 Å². The molecule has 9 heteroatoms. The third-order valence-electron chi connectivity index (χ3n) is 5.76. The Kier molecular flexibility index (Phi) is 9.12. The van der Waals surface area contributed by atoms with Crippen LogP contribution in [0.15, 0.2) is 78.9 Å². The Bertz CT molecular complexity index is 1300. The van der Waals surface area contributed by atoms with Crippen LogP contribution in [0.25, 0.3) is 0 Å². The number of aryl methyl sites for hydroxylation is 1. The average Bonchev–Trinajstić information content (AvgIpc) is 2.84. The van der Waals surface area contributed by atoms with Crippen molar-refractivity contribution >= 4 is 39.1 Å². The van der Waals surface area contributed by atoms with E-state index >= 15 is 0 Å². The van der Waals surface area contributed by atoms with Crippen LogP contribution >= 0.6 is 11.6 Å². The fraction of sp³-hybridized carbons (Fsp3) is 0.259. The van der Waals surface area contributed by atoms with E-state index in [9.17, 15) is 18.0 Å². The molecule has 0 spiro atoms. The van der Waals surface area contributed by atoms with Gasteiger partial charge in [0.25, 0.3) is 0 Å². The molecule has 0 aliphatic carbocycles. The van der Waals surface area contributed by atoms with E-state index in [4.69, 9.17) is 11.6 Å². The van der Waals surface area contributed by atoms with Gasteiger partial charge in [-0.2, -0.15) is 0 Å². The minimum Gasteiger partial charge on any atom is -0.357 e. The number of sulfonamides is 1. The zero-order valence-corrected chi connectivity index (χ0v) is 22.1. The first-order valence-corrected chi connectivity index (χ1v) is 13.6. The topological polar surface area (TPSA) is 86.8 Å². The number of anilines is 1. The molecular weight excluding hydrogens is 498 g/mol. The number of nitrogens with zero attached hydrogens (tertiary/aromatic N) is 2. The van der Waals surface area contributed by atoms with Crippen molar-refractivity contribution in [3.05, 3.63) is 101 Å². The van der Waals surface area contributed by atoms with Gasteiger partial charge in [0.2, 0.25) is 21.8 Å². The van der Waals surface area contributed by atoms with E-state index in [1.54, 1.807) is 42.5 Å². The van der Waals surface area contributed by atoms with Crippen LogP contribution < -0.4 is 9.62 Å². The maximum absolute atomic E-state index is 13.8. The Balaban J connectivity index is 2.02.